The Labute approximate surface area is 157 Å². The molecule has 0 aromatic heterocycles. The number of rotatable bonds is 7. The Balaban J connectivity index is 1.41. The first kappa shape index (κ1) is 18.7. The zero-order valence-corrected chi connectivity index (χ0v) is 15.8. The smallest absolute Gasteiger partial charge is 0.220 e. The van der Waals surface area contributed by atoms with Crippen LogP contribution >= 0.6 is 0 Å². The number of carbonyl (C=O) groups is 1. The van der Waals surface area contributed by atoms with E-state index in [1.807, 2.05) is 18.2 Å². The van der Waals surface area contributed by atoms with Crippen molar-refractivity contribution in [1.82, 2.24) is 10.2 Å². The molecule has 0 aliphatic carbocycles. The van der Waals surface area contributed by atoms with E-state index in [0.29, 0.717) is 19.0 Å². The van der Waals surface area contributed by atoms with Crippen molar-refractivity contribution in [1.29, 1.82) is 0 Å². The third kappa shape index (κ3) is 5.70. The van der Waals surface area contributed by atoms with Crippen molar-refractivity contribution in [3.05, 3.63) is 71.3 Å². The Morgan fingerprint density at radius 2 is 1.73 bits per heavy atom. The Bertz CT molecular complexity index is 681. The number of amides is 1. The second-order valence-corrected chi connectivity index (χ2v) is 7.39. The van der Waals surface area contributed by atoms with Crippen LogP contribution in [0.3, 0.4) is 0 Å². The molecule has 3 nitrogen and oxygen atoms in total. The summed E-state index contributed by atoms with van der Waals surface area (Å²) in [6.07, 6.45) is 5.32. The Morgan fingerprint density at radius 3 is 2.46 bits per heavy atom. The fraction of sp³-hybridized carbons (Fsp3) is 0.435. The molecule has 1 N–H and O–H groups in total. The average molecular weight is 351 g/mol. The topological polar surface area (TPSA) is 32.3 Å². The minimum atomic E-state index is 0.111. The zero-order valence-electron chi connectivity index (χ0n) is 15.8. The summed E-state index contributed by atoms with van der Waals surface area (Å²) in [6.45, 7) is 5.18. The quantitative estimate of drug-likeness (QED) is 0.807. The SMILES string of the molecule is CC1CCCCN1Cc1ccc(CNC(=O)CCc2ccccc2)cc1. The fourth-order valence-electron chi connectivity index (χ4n) is 3.58. The molecule has 3 rings (SSSR count). The van der Waals surface area contributed by atoms with Crippen molar-refractivity contribution in [2.45, 2.75) is 58.2 Å². The molecule has 1 heterocycles. The number of piperidine rings is 1. The molecule has 1 unspecified atom stereocenters. The maximum absolute atomic E-state index is 12.0. The number of aryl methyl sites for hydroxylation is 1. The molecule has 3 heteroatoms. The van der Waals surface area contributed by atoms with E-state index in [1.165, 1.54) is 36.9 Å². The van der Waals surface area contributed by atoms with Crippen LogP contribution in [-0.2, 0) is 24.3 Å². The minimum Gasteiger partial charge on any atom is -0.352 e. The summed E-state index contributed by atoms with van der Waals surface area (Å²) in [5.41, 5.74) is 3.73. The van der Waals surface area contributed by atoms with Gasteiger partial charge in [0.15, 0.2) is 0 Å². The molecule has 2 aromatic rings. The van der Waals surface area contributed by atoms with E-state index in [2.05, 4.69) is 53.5 Å². The number of hydrogen-bond acceptors (Lipinski definition) is 2. The fourth-order valence-corrected chi connectivity index (χ4v) is 3.58. The number of hydrogen-bond donors (Lipinski definition) is 1. The van der Waals surface area contributed by atoms with E-state index < -0.39 is 0 Å². The predicted molar refractivity (Wildman–Crippen MR) is 107 cm³/mol. The highest BCUT2D eigenvalue weighted by molar-refractivity contribution is 5.76. The van der Waals surface area contributed by atoms with E-state index in [1.54, 1.807) is 0 Å². The number of benzene rings is 2. The van der Waals surface area contributed by atoms with Gasteiger partial charge >= 0.3 is 0 Å². The van der Waals surface area contributed by atoms with Crippen LogP contribution in [0, 0.1) is 0 Å². The normalized spacial score (nSPS) is 17.8. The second-order valence-electron chi connectivity index (χ2n) is 7.39. The summed E-state index contributed by atoms with van der Waals surface area (Å²) >= 11 is 0. The van der Waals surface area contributed by atoms with Gasteiger partial charge in [-0.05, 0) is 49.4 Å². The highest BCUT2D eigenvalue weighted by atomic mass is 16.1. The van der Waals surface area contributed by atoms with E-state index in [4.69, 9.17) is 0 Å². The van der Waals surface area contributed by atoms with Crippen molar-refractivity contribution < 1.29 is 4.79 Å². The van der Waals surface area contributed by atoms with Gasteiger partial charge in [0.05, 0.1) is 0 Å². The molecular formula is C23H30N2O. The lowest BCUT2D eigenvalue weighted by Gasteiger charge is -2.33. The van der Waals surface area contributed by atoms with Crippen LogP contribution in [0.5, 0.6) is 0 Å². The van der Waals surface area contributed by atoms with E-state index in [-0.39, 0.29) is 5.91 Å². The lowest BCUT2D eigenvalue weighted by Crippen LogP contribution is -2.36. The van der Waals surface area contributed by atoms with Crippen molar-refractivity contribution in [2.75, 3.05) is 6.54 Å². The van der Waals surface area contributed by atoms with Gasteiger partial charge in [-0.2, -0.15) is 0 Å². The maximum Gasteiger partial charge on any atom is 0.220 e. The van der Waals surface area contributed by atoms with Gasteiger partial charge in [0.1, 0.15) is 0 Å². The molecule has 138 valence electrons. The standard InChI is InChI=1S/C23H30N2O/c1-19-7-5-6-16-25(19)18-22-12-10-21(11-13-22)17-24-23(26)15-14-20-8-3-2-4-9-20/h2-4,8-13,19H,5-7,14-18H2,1H3,(H,24,26). The molecule has 0 bridgehead atoms. The summed E-state index contributed by atoms with van der Waals surface area (Å²) in [6, 6.07) is 19.5. The van der Waals surface area contributed by atoms with Gasteiger partial charge in [0, 0.05) is 25.6 Å². The molecule has 1 aliphatic rings. The molecule has 1 amide bonds. The third-order valence-electron chi connectivity index (χ3n) is 5.32. The number of likely N-dealkylation sites (tertiary alicyclic amines) is 1. The highest BCUT2D eigenvalue weighted by Crippen LogP contribution is 2.19. The van der Waals surface area contributed by atoms with Crippen LogP contribution in [0.4, 0.5) is 0 Å². The average Bonchev–Trinajstić information content (AvgIpc) is 2.68. The summed E-state index contributed by atoms with van der Waals surface area (Å²) in [5.74, 6) is 0.111. The predicted octanol–water partition coefficient (Wildman–Crippen LogP) is 4.31. The number of nitrogens with one attached hydrogen (secondary N) is 1. The van der Waals surface area contributed by atoms with Crippen LogP contribution < -0.4 is 5.32 Å². The summed E-state index contributed by atoms with van der Waals surface area (Å²) in [7, 11) is 0. The largest absolute Gasteiger partial charge is 0.352 e. The molecule has 2 aromatic carbocycles. The van der Waals surface area contributed by atoms with Crippen molar-refractivity contribution in [2.24, 2.45) is 0 Å². The molecule has 0 spiro atoms. The van der Waals surface area contributed by atoms with E-state index in [0.717, 1.165) is 18.5 Å². The monoisotopic (exact) mass is 350 g/mol. The van der Waals surface area contributed by atoms with Crippen molar-refractivity contribution in [3.63, 3.8) is 0 Å². The molecule has 1 aliphatic heterocycles. The van der Waals surface area contributed by atoms with E-state index >= 15 is 0 Å². The van der Waals surface area contributed by atoms with Gasteiger partial charge in [-0.15, -0.1) is 0 Å². The second kappa shape index (κ2) is 9.54. The number of carbonyl (C=O) groups excluding carboxylic acids is 1. The lowest BCUT2D eigenvalue weighted by molar-refractivity contribution is -0.121. The first-order chi connectivity index (χ1) is 12.7. The van der Waals surface area contributed by atoms with Crippen molar-refractivity contribution in [3.8, 4) is 0 Å². The third-order valence-corrected chi connectivity index (χ3v) is 5.32. The summed E-state index contributed by atoms with van der Waals surface area (Å²) < 4.78 is 0. The molecule has 0 saturated carbocycles. The van der Waals surface area contributed by atoms with E-state index in [9.17, 15) is 4.79 Å². The van der Waals surface area contributed by atoms with Crippen molar-refractivity contribution >= 4 is 5.91 Å². The Morgan fingerprint density at radius 1 is 1.00 bits per heavy atom. The molecular weight excluding hydrogens is 320 g/mol. The van der Waals surface area contributed by atoms with Gasteiger partial charge in [0.2, 0.25) is 5.91 Å². The van der Waals surface area contributed by atoms with Crippen LogP contribution in [0.25, 0.3) is 0 Å². The lowest BCUT2D eigenvalue weighted by atomic mass is 10.0. The minimum absolute atomic E-state index is 0.111. The zero-order chi connectivity index (χ0) is 18.2. The molecule has 1 saturated heterocycles. The molecule has 1 atom stereocenters. The van der Waals surface area contributed by atoms with Gasteiger partial charge in [-0.3, -0.25) is 9.69 Å². The molecule has 1 fully saturated rings. The summed E-state index contributed by atoms with van der Waals surface area (Å²) in [5, 5.41) is 3.03. The first-order valence-corrected chi connectivity index (χ1v) is 9.83. The maximum atomic E-state index is 12.0. The first-order valence-electron chi connectivity index (χ1n) is 9.83. The Hall–Kier alpha value is -2.13. The van der Waals surface area contributed by atoms with Crippen LogP contribution in [0.15, 0.2) is 54.6 Å². The Kier molecular flexibility index (Phi) is 6.84. The highest BCUT2D eigenvalue weighted by Gasteiger charge is 2.17. The van der Waals surface area contributed by atoms with Gasteiger partial charge in [0.25, 0.3) is 0 Å². The van der Waals surface area contributed by atoms with Gasteiger partial charge in [-0.25, -0.2) is 0 Å². The van der Waals surface area contributed by atoms with Gasteiger partial charge in [-0.1, -0.05) is 61.0 Å². The van der Waals surface area contributed by atoms with Crippen LogP contribution in [0.1, 0.15) is 49.3 Å². The number of nitrogens with zero attached hydrogens (tertiary/aromatic N) is 1. The summed E-state index contributed by atoms with van der Waals surface area (Å²) in [4.78, 5) is 14.6. The molecule has 0 radical (unpaired) electrons. The van der Waals surface area contributed by atoms with Crippen LogP contribution in [-0.4, -0.2) is 23.4 Å². The van der Waals surface area contributed by atoms with Gasteiger partial charge < -0.3 is 5.32 Å². The van der Waals surface area contributed by atoms with Crippen LogP contribution in [0.2, 0.25) is 0 Å². The molecule has 26 heavy (non-hydrogen) atoms.